The number of benzene rings is 3. The lowest BCUT2D eigenvalue weighted by Gasteiger charge is -2.19. The maximum Gasteiger partial charge on any atom is 0.278 e. The number of nitro benzene ring substituents is 1. The van der Waals surface area contributed by atoms with Gasteiger partial charge in [0.1, 0.15) is 5.56 Å². The third kappa shape index (κ3) is 5.35. The fourth-order valence-electron chi connectivity index (χ4n) is 4.22. The molecule has 7 nitrogen and oxygen atoms in total. The van der Waals surface area contributed by atoms with Gasteiger partial charge < -0.3 is 9.88 Å². The van der Waals surface area contributed by atoms with Crippen molar-refractivity contribution in [2.75, 3.05) is 6.54 Å². The van der Waals surface area contributed by atoms with E-state index in [4.69, 9.17) is 0 Å². The van der Waals surface area contributed by atoms with E-state index in [0.29, 0.717) is 18.5 Å². The van der Waals surface area contributed by atoms with Gasteiger partial charge in [0.05, 0.1) is 22.4 Å². The topological polar surface area (TPSA) is 94.2 Å². The molecule has 0 aliphatic rings. The summed E-state index contributed by atoms with van der Waals surface area (Å²) in [4.78, 5) is 37.8. The monoisotopic (exact) mass is 483 g/mol. The van der Waals surface area contributed by atoms with Gasteiger partial charge in [-0.15, -0.1) is 0 Å². The molecule has 0 spiro atoms. The van der Waals surface area contributed by atoms with Gasteiger partial charge in [-0.25, -0.2) is 0 Å². The number of fused-ring (bicyclic) bond motifs is 1. The second-order valence-electron chi connectivity index (χ2n) is 9.85. The van der Waals surface area contributed by atoms with E-state index in [-0.39, 0.29) is 28.6 Å². The van der Waals surface area contributed by atoms with Crippen LogP contribution in [-0.4, -0.2) is 21.9 Å². The summed E-state index contributed by atoms with van der Waals surface area (Å²) in [5.74, 6) is -0.548. The van der Waals surface area contributed by atoms with Crippen LogP contribution in [0.1, 0.15) is 47.8 Å². The molecule has 0 saturated heterocycles. The van der Waals surface area contributed by atoms with Gasteiger partial charge in [-0.1, -0.05) is 81.4 Å². The number of carbonyl (C=O) groups is 1. The summed E-state index contributed by atoms with van der Waals surface area (Å²) >= 11 is 0. The summed E-state index contributed by atoms with van der Waals surface area (Å²) in [6.45, 7) is 6.90. The molecule has 0 bridgehead atoms. The largest absolute Gasteiger partial charge is 0.352 e. The van der Waals surface area contributed by atoms with Gasteiger partial charge in [0.15, 0.2) is 0 Å². The van der Waals surface area contributed by atoms with Gasteiger partial charge in [0.2, 0.25) is 0 Å². The van der Waals surface area contributed by atoms with E-state index in [2.05, 4.69) is 26.1 Å². The van der Waals surface area contributed by atoms with Crippen LogP contribution in [0.15, 0.2) is 83.7 Å². The molecule has 3 aromatic carbocycles. The first-order chi connectivity index (χ1) is 17.1. The molecule has 36 heavy (non-hydrogen) atoms. The SMILES string of the molecule is CC(C)(C)c1ccc(Cn2c(=O)c(C(=O)NCCc3ccccc3)cc3c([N+](=O)[O-])cccc32)cc1. The highest BCUT2D eigenvalue weighted by Gasteiger charge is 2.21. The van der Waals surface area contributed by atoms with Crippen molar-refractivity contribution in [1.29, 1.82) is 0 Å². The molecule has 7 heteroatoms. The minimum Gasteiger partial charge on any atom is -0.352 e. The Morgan fingerprint density at radius 1 is 0.944 bits per heavy atom. The van der Waals surface area contributed by atoms with E-state index < -0.39 is 16.4 Å². The molecule has 0 aliphatic heterocycles. The number of amides is 1. The van der Waals surface area contributed by atoms with E-state index in [0.717, 1.165) is 16.7 Å². The predicted octanol–water partition coefficient (Wildman–Crippen LogP) is 5.23. The van der Waals surface area contributed by atoms with Crippen molar-refractivity contribution in [3.63, 3.8) is 0 Å². The van der Waals surface area contributed by atoms with Crippen LogP contribution < -0.4 is 10.9 Å². The Hall–Kier alpha value is -4.26. The maximum absolute atomic E-state index is 13.5. The highest BCUT2D eigenvalue weighted by Crippen LogP contribution is 2.26. The van der Waals surface area contributed by atoms with Crippen molar-refractivity contribution in [1.82, 2.24) is 9.88 Å². The minimum atomic E-state index is -0.548. The normalized spacial score (nSPS) is 11.4. The highest BCUT2D eigenvalue weighted by molar-refractivity contribution is 5.99. The van der Waals surface area contributed by atoms with Gasteiger partial charge >= 0.3 is 0 Å². The van der Waals surface area contributed by atoms with Crippen molar-refractivity contribution in [3.8, 4) is 0 Å². The predicted molar refractivity (Wildman–Crippen MR) is 142 cm³/mol. The van der Waals surface area contributed by atoms with E-state index in [1.165, 1.54) is 16.7 Å². The molecule has 0 aliphatic carbocycles. The molecule has 1 N–H and O–H groups in total. The molecule has 1 heterocycles. The maximum atomic E-state index is 13.5. The third-order valence-corrected chi connectivity index (χ3v) is 6.26. The first-order valence-electron chi connectivity index (χ1n) is 11.9. The molecule has 4 aromatic rings. The minimum absolute atomic E-state index is 0.0135. The molecule has 0 saturated carbocycles. The van der Waals surface area contributed by atoms with Crippen LogP contribution in [0.2, 0.25) is 0 Å². The van der Waals surface area contributed by atoms with Crippen LogP contribution in [0.5, 0.6) is 0 Å². The summed E-state index contributed by atoms with van der Waals surface area (Å²) in [5.41, 5.74) is 2.72. The number of nitrogens with zero attached hydrogens (tertiary/aromatic N) is 2. The first kappa shape index (κ1) is 24.9. The van der Waals surface area contributed by atoms with E-state index in [1.54, 1.807) is 12.1 Å². The molecule has 0 atom stereocenters. The van der Waals surface area contributed by atoms with E-state index >= 15 is 0 Å². The van der Waals surface area contributed by atoms with Crippen molar-refractivity contribution >= 4 is 22.5 Å². The number of rotatable bonds is 7. The van der Waals surface area contributed by atoms with Gasteiger partial charge in [-0.2, -0.15) is 0 Å². The summed E-state index contributed by atoms with van der Waals surface area (Å²) in [6, 6.07) is 23.6. The number of non-ortho nitro benzene ring substituents is 1. The quantitative estimate of drug-likeness (QED) is 0.288. The zero-order valence-electron chi connectivity index (χ0n) is 20.7. The summed E-state index contributed by atoms with van der Waals surface area (Å²) in [5, 5.41) is 14.8. The number of hydrogen-bond donors (Lipinski definition) is 1. The smallest absolute Gasteiger partial charge is 0.278 e. The van der Waals surface area contributed by atoms with E-state index in [1.807, 2.05) is 54.6 Å². The van der Waals surface area contributed by atoms with Gasteiger partial charge in [-0.05, 0) is 40.7 Å². The molecule has 1 aromatic heterocycles. The molecule has 0 fully saturated rings. The number of pyridine rings is 1. The highest BCUT2D eigenvalue weighted by atomic mass is 16.6. The fraction of sp³-hybridized carbons (Fsp3) is 0.241. The standard InChI is InChI=1S/C29H29N3O4/c1-29(2,3)22-14-12-21(13-15-22)19-31-25-10-7-11-26(32(35)36)23(25)18-24(28(31)34)27(33)30-17-16-20-8-5-4-6-9-20/h4-15,18H,16-17,19H2,1-3H3,(H,30,33). The summed E-state index contributed by atoms with van der Waals surface area (Å²) in [6.07, 6.45) is 0.606. The van der Waals surface area contributed by atoms with Crippen LogP contribution in [-0.2, 0) is 18.4 Å². The second-order valence-corrected chi connectivity index (χ2v) is 9.85. The lowest BCUT2D eigenvalue weighted by atomic mass is 9.87. The lowest BCUT2D eigenvalue weighted by Crippen LogP contribution is -2.34. The van der Waals surface area contributed by atoms with Crippen LogP contribution in [0.4, 0.5) is 5.69 Å². The van der Waals surface area contributed by atoms with Gasteiger partial charge in [-0.3, -0.25) is 19.7 Å². The number of nitrogens with one attached hydrogen (secondary N) is 1. The Morgan fingerprint density at radius 2 is 1.64 bits per heavy atom. The van der Waals surface area contributed by atoms with Crippen molar-refractivity contribution in [3.05, 3.63) is 122 Å². The number of nitro groups is 1. The molecule has 184 valence electrons. The Kier molecular flexibility index (Phi) is 7.01. The Morgan fingerprint density at radius 3 is 2.28 bits per heavy atom. The van der Waals surface area contributed by atoms with E-state index in [9.17, 15) is 19.7 Å². The number of hydrogen-bond acceptors (Lipinski definition) is 4. The van der Waals surface area contributed by atoms with Crippen LogP contribution in [0.3, 0.4) is 0 Å². The van der Waals surface area contributed by atoms with Crippen LogP contribution in [0, 0.1) is 10.1 Å². The van der Waals surface area contributed by atoms with Gasteiger partial charge in [0, 0.05) is 12.6 Å². The van der Waals surface area contributed by atoms with Crippen LogP contribution in [0.25, 0.3) is 10.9 Å². The summed E-state index contributed by atoms with van der Waals surface area (Å²) < 4.78 is 1.44. The van der Waals surface area contributed by atoms with Crippen LogP contribution >= 0.6 is 0 Å². The fourth-order valence-corrected chi connectivity index (χ4v) is 4.22. The van der Waals surface area contributed by atoms with Crippen molar-refractivity contribution in [2.45, 2.75) is 39.2 Å². The number of carbonyl (C=O) groups excluding carboxylic acids is 1. The Labute approximate surface area is 209 Å². The molecular formula is C29H29N3O4. The van der Waals surface area contributed by atoms with Crippen molar-refractivity contribution in [2.24, 2.45) is 0 Å². The Balaban J connectivity index is 1.72. The average molecular weight is 484 g/mol. The Bertz CT molecular complexity index is 1470. The lowest BCUT2D eigenvalue weighted by molar-refractivity contribution is -0.383. The van der Waals surface area contributed by atoms with Gasteiger partial charge in [0.25, 0.3) is 17.2 Å². The second kappa shape index (κ2) is 10.2. The molecule has 0 radical (unpaired) electrons. The molecule has 1 amide bonds. The molecule has 0 unspecified atom stereocenters. The summed E-state index contributed by atoms with van der Waals surface area (Å²) in [7, 11) is 0. The third-order valence-electron chi connectivity index (χ3n) is 6.26. The first-order valence-corrected chi connectivity index (χ1v) is 11.9. The number of aromatic nitrogens is 1. The molecule has 4 rings (SSSR count). The zero-order chi connectivity index (χ0) is 25.9. The van der Waals surface area contributed by atoms with Crippen molar-refractivity contribution < 1.29 is 9.72 Å². The zero-order valence-corrected chi connectivity index (χ0v) is 20.7. The molecular weight excluding hydrogens is 454 g/mol. The average Bonchev–Trinajstić information content (AvgIpc) is 2.85.